The first-order valence-electron chi connectivity index (χ1n) is 2.21. The van der Waals surface area contributed by atoms with Gasteiger partial charge in [-0.15, -0.1) is 0 Å². The number of rotatable bonds is 1. The third kappa shape index (κ3) is 2.41. The van der Waals surface area contributed by atoms with Crippen LogP contribution in [0.5, 0.6) is 0 Å². The molecule has 0 fully saturated rings. The predicted octanol–water partition coefficient (Wildman–Crippen LogP) is -0.354. The number of carbonyl (C=O) groups excluding carboxylic acids is 1. The van der Waals surface area contributed by atoms with Crippen LogP contribution in [0.1, 0.15) is 0 Å². The lowest BCUT2D eigenvalue weighted by Crippen LogP contribution is -2.34. The molecule has 0 aliphatic heterocycles. The van der Waals surface area contributed by atoms with Crippen molar-refractivity contribution < 1.29 is 9.90 Å². The summed E-state index contributed by atoms with van der Waals surface area (Å²) in [7, 11) is 3.15. The van der Waals surface area contributed by atoms with E-state index in [1.165, 1.54) is 4.90 Å². The van der Waals surface area contributed by atoms with Gasteiger partial charge in [0.15, 0.2) is 6.73 Å². The molecule has 8 heavy (non-hydrogen) atoms. The van der Waals surface area contributed by atoms with E-state index in [2.05, 4.69) is 5.32 Å². The average Bonchev–Trinajstić information content (AvgIpc) is 1.67. The van der Waals surface area contributed by atoms with Crippen molar-refractivity contribution in [2.45, 2.75) is 0 Å². The molecule has 0 saturated carbocycles. The van der Waals surface area contributed by atoms with Gasteiger partial charge in [-0.2, -0.15) is 0 Å². The van der Waals surface area contributed by atoms with Crippen LogP contribution in [-0.4, -0.2) is 31.8 Å². The lowest BCUT2D eigenvalue weighted by atomic mass is 10.8. The zero-order valence-corrected chi connectivity index (χ0v) is 4.97. The minimum atomic E-state index is -0.559. The molecule has 4 heteroatoms. The van der Waals surface area contributed by atoms with E-state index in [9.17, 15) is 9.90 Å². The number of nitrogens with zero attached hydrogens (tertiary/aromatic N) is 1. The zero-order valence-electron chi connectivity index (χ0n) is 4.97. The molecule has 2 amide bonds. The Labute approximate surface area is 48.1 Å². The van der Waals surface area contributed by atoms with E-state index >= 15 is 0 Å². The molecule has 0 aromatic rings. The van der Waals surface area contributed by atoms with Crippen LogP contribution in [0.2, 0.25) is 0 Å². The molecular weight excluding hydrogens is 108 g/mol. The second kappa shape index (κ2) is 3.26. The largest absolute Gasteiger partial charge is 0.331 e. The molecule has 0 aromatic heterocycles. The second-order valence-electron chi connectivity index (χ2n) is 1.52. The first kappa shape index (κ1) is 7.23. The Morgan fingerprint density at radius 1 is 1.62 bits per heavy atom. The molecule has 0 saturated heterocycles. The Hall–Kier alpha value is -0.770. The van der Waals surface area contributed by atoms with Gasteiger partial charge in [-0.05, 0) is 0 Å². The smallest absolute Gasteiger partial charge is 0.318 e. The molecule has 0 rings (SSSR count). The third-order valence-corrected chi connectivity index (χ3v) is 0.630. The van der Waals surface area contributed by atoms with Crippen molar-refractivity contribution in [3.05, 3.63) is 0 Å². The van der Waals surface area contributed by atoms with Crippen molar-refractivity contribution in [3.63, 3.8) is 0 Å². The van der Waals surface area contributed by atoms with Gasteiger partial charge in [-0.3, -0.25) is 0 Å². The summed E-state index contributed by atoms with van der Waals surface area (Å²) in [5, 5.41) is 11.8. The first-order chi connectivity index (χ1) is 3.68. The van der Waals surface area contributed by atoms with E-state index < -0.39 is 6.73 Å². The fraction of sp³-hybridized carbons (Fsp3) is 0.750. The molecule has 0 aliphatic rings. The van der Waals surface area contributed by atoms with Crippen LogP contribution >= 0.6 is 0 Å². The van der Waals surface area contributed by atoms with Crippen LogP contribution in [0.15, 0.2) is 0 Å². The minimum absolute atomic E-state index is 0.347. The predicted molar refractivity (Wildman–Crippen MR) is 27.8 cm³/mol. The van der Waals surface area contributed by atoms with E-state index in [4.69, 9.17) is 0 Å². The maximum atomic E-state index is 10.4. The van der Waals surface area contributed by atoms with E-state index in [0.29, 0.717) is 0 Å². The molecule has 0 aromatic carbocycles. The van der Waals surface area contributed by atoms with Crippen molar-refractivity contribution >= 4 is 6.03 Å². The Morgan fingerprint density at radius 2 is 2.12 bits per heavy atom. The Kier molecular flexibility index (Phi) is 2.95. The normalized spacial score (nSPS) is 8.38. The van der Waals surface area contributed by atoms with Gasteiger partial charge in [0.1, 0.15) is 0 Å². The summed E-state index contributed by atoms with van der Waals surface area (Å²) < 4.78 is 0. The van der Waals surface area contributed by atoms with Crippen LogP contribution in [0.25, 0.3) is 0 Å². The maximum Gasteiger partial charge on any atom is 0.318 e. The first-order valence-corrected chi connectivity index (χ1v) is 2.21. The van der Waals surface area contributed by atoms with Crippen molar-refractivity contribution in [3.8, 4) is 0 Å². The highest BCUT2D eigenvalue weighted by atomic mass is 16.3. The lowest BCUT2D eigenvalue weighted by molar-refractivity contribution is 0.156. The molecule has 4 nitrogen and oxygen atoms in total. The highest BCUT2D eigenvalue weighted by molar-refractivity contribution is 5.73. The number of nitrogens with one attached hydrogen (secondary N) is 1. The molecular formula is C4H9N2O2. The third-order valence-electron chi connectivity index (χ3n) is 0.630. The van der Waals surface area contributed by atoms with Crippen LogP contribution in [0.3, 0.4) is 0 Å². The molecule has 0 spiro atoms. The molecule has 47 valence electrons. The zero-order chi connectivity index (χ0) is 6.57. The molecule has 0 unspecified atom stereocenters. The van der Waals surface area contributed by atoms with Crippen LogP contribution < -0.4 is 5.32 Å². The molecule has 0 atom stereocenters. The highest BCUT2D eigenvalue weighted by Crippen LogP contribution is 1.72. The summed E-state index contributed by atoms with van der Waals surface area (Å²) in [6, 6.07) is -0.347. The SMILES string of the molecule is CN(C)C(=O)NC[O]. The highest BCUT2D eigenvalue weighted by Gasteiger charge is 1.97. The van der Waals surface area contributed by atoms with Crippen LogP contribution in [0, 0.1) is 0 Å². The van der Waals surface area contributed by atoms with Gasteiger partial charge in [-0.25, -0.2) is 9.90 Å². The van der Waals surface area contributed by atoms with Gasteiger partial charge >= 0.3 is 6.03 Å². The lowest BCUT2D eigenvalue weighted by Gasteiger charge is -2.08. The standard InChI is InChI=1S/C4H9N2O2/c1-6(2)4(8)5-3-7/h3H2,1-2H3,(H,5,8). The Morgan fingerprint density at radius 3 is 2.25 bits per heavy atom. The van der Waals surface area contributed by atoms with E-state index in [1.807, 2.05) is 0 Å². The van der Waals surface area contributed by atoms with Gasteiger partial charge in [-0.1, -0.05) is 0 Å². The minimum Gasteiger partial charge on any atom is -0.331 e. The van der Waals surface area contributed by atoms with E-state index in [1.54, 1.807) is 14.1 Å². The molecule has 1 radical (unpaired) electrons. The van der Waals surface area contributed by atoms with Crippen molar-refractivity contribution in [1.82, 2.24) is 10.2 Å². The van der Waals surface area contributed by atoms with Gasteiger partial charge in [0.2, 0.25) is 0 Å². The summed E-state index contributed by atoms with van der Waals surface area (Å²) in [6.07, 6.45) is 0. The summed E-state index contributed by atoms with van der Waals surface area (Å²) >= 11 is 0. The summed E-state index contributed by atoms with van der Waals surface area (Å²) in [5.74, 6) is 0. The monoisotopic (exact) mass is 117 g/mol. The Bertz CT molecular complexity index is 82.1. The molecule has 0 aliphatic carbocycles. The molecule has 0 bridgehead atoms. The van der Waals surface area contributed by atoms with Gasteiger partial charge in [0, 0.05) is 14.1 Å². The maximum absolute atomic E-state index is 10.4. The summed E-state index contributed by atoms with van der Waals surface area (Å²) in [6.45, 7) is -0.559. The Balaban J connectivity index is 3.33. The number of hydrogen-bond donors (Lipinski definition) is 1. The number of amides is 2. The number of carbonyl (C=O) groups is 1. The molecule has 0 heterocycles. The average molecular weight is 117 g/mol. The van der Waals surface area contributed by atoms with Crippen molar-refractivity contribution in [2.75, 3.05) is 20.8 Å². The summed E-state index contributed by atoms with van der Waals surface area (Å²) in [5.41, 5.74) is 0. The summed E-state index contributed by atoms with van der Waals surface area (Å²) in [4.78, 5) is 11.7. The number of hydrogen-bond acceptors (Lipinski definition) is 1. The number of urea groups is 1. The van der Waals surface area contributed by atoms with Crippen LogP contribution in [0.4, 0.5) is 4.79 Å². The quantitative estimate of drug-likeness (QED) is 0.469. The van der Waals surface area contributed by atoms with E-state index in [0.717, 1.165) is 0 Å². The van der Waals surface area contributed by atoms with Crippen molar-refractivity contribution in [2.24, 2.45) is 0 Å². The fourth-order valence-electron chi connectivity index (χ4n) is 0.220. The van der Waals surface area contributed by atoms with Crippen molar-refractivity contribution in [1.29, 1.82) is 0 Å². The van der Waals surface area contributed by atoms with Gasteiger partial charge < -0.3 is 10.2 Å². The topological polar surface area (TPSA) is 52.2 Å². The van der Waals surface area contributed by atoms with Crippen LogP contribution in [-0.2, 0) is 5.11 Å². The second-order valence-corrected chi connectivity index (χ2v) is 1.52. The van der Waals surface area contributed by atoms with Gasteiger partial charge in [0.05, 0.1) is 0 Å². The van der Waals surface area contributed by atoms with Gasteiger partial charge in [0.25, 0.3) is 0 Å². The molecule has 1 N–H and O–H groups in total. The van der Waals surface area contributed by atoms with E-state index in [-0.39, 0.29) is 6.03 Å². The fourth-order valence-corrected chi connectivity index (χ4v) is 0.220.